The highest BCUT2D eigenvalue weighted by molar-refractivity contribution is 5.85. The highest BCUT2D eigenvalue weighted by atomic mass is 16.1. The van der Waals surface area contributed by atoms with Crippen LogP contribution in [0.15, 0.2) is 55.2 Å². The molecule has 0 aliphatic heterocycles. The second-order valence-corrected chi connectivity index (χ2v) is 7.20. The van der Waals surface area contributed by atoms with Gasteiger partial charge in [-0.3, -0.25) is 9.69 Å². The molecule has 1 amide bonds. The second kappa shape index (κ2) is 12.7. The van der Waals surface area contributed by atoms with Crippen LogP contribution in [0.3, 0.4) is 0 Å². The summed E-state index contributed by atoms with van der Waals surface area (Å²) in [5.41, 5.74) is 9.36. The van der Waals surface area contributed by atoms with Crippen molar-refractivity contribution >= 4 is 17.8 Å². The van der Waals surface area contributed by atoms with E-state index in [0.29, 0.717) is 18.7 Å². The number of hydrogen-bond donors (Lipinski definition) is 3. The molecule has 1 aromatic carbocycles. The molecule has 1 rings (SSSR count). The average molecular weight is 397 g/mol. The largest absolute Gasteiger partial charge is 0.398 e. The number of nitrogen functional groups attached to an aromatic ring is 1. The van der Waals surface area contributed by atoms with Gasteiger partial charge in [0, 0.05) is 36.5 Å². The molecule has 4 N–H and O–H groups in total. The smallest absolute Gasteiger partial charge is 0.220 e. The molecule has 0 unspecified atom stereocenters. The predicted octanol–water partition coefficient (Wildman–Crippen LogP) is 3.96. The molecule has 0 fully saturated rings. The van der Waals surface area contributed by atoms with Gasteiger partial charge < -0.3 is 16.5 Å². The van der Waals surface area contributed by atoms with Gasteiger partial charge in [0.2, 0.25) is 5.91 Å². The summed E-state index contributed by atoms with van der Waals surface area (Å²) in [5, 5.41) is 10.6. The van der Waals surface area contributed by atoms with E-state index < -0.39 is 0 Å². The van der Waals surface area contributed by atoms with E-state index in [4.69, 9.17) is 11.1 Å². The van der Waals surface area contributed by atoms with Crippen LogP contribution >= 0.6 is 0 Å². The Balaban J connectivity index is 2.82. The first-order valence-corrected chi connectivity index (χ1v) is 10.2. The van der Waals surface area contributed by atoms with Crippen molar-refractivity contribution in [1.29, 1.82) is 5.41 Å². The molecule has 0 saturated carbocycles. The van der Waals surface area contributed by atoms with Crippen molar-refractivity contribution in [2.45, 2.75) is 39.7 Å². The number of rotatable bonds is 13. The number of hydrogen-bond acceptors (Lipinski definition) is 4. The zero-order chi connectivity index (χ0) is 21.8. The zero-order valence-electron chi connectivity index (χ0n) is 18.1. The molecule has 0 aliphatic rings. The highest BCUT2D eigenvalue weighted by Gasteiger charge is 2.19. The molecule has 158 valence electrons. The maximum absolute atomic E-state index is 12.5. The third-order valence-corrected chi connectivity index (χ3v) is 5.25. The number of carbonyl (C=O) groups excluding carboxylic acids is 1. The Morgan fingerprint density at radius 3 is 2.55 bits per heavy atom. The first-order valence-electron chi connectivity index (χ1n) is 10.2. The normalized spacial score (nSPS) is 13.6. The Morgan fingerprint density at radius 1 is 1.31 bits per heavy atom. The van der Waals surface area contributed by atoms with Gasteiger partial charge in [0.05, 0.1) is 0 Å². The van der Waals surface area contributed by atoms with E-state index in [2.05, 4.69) is 37.2 Å². The van der Waals surface area contributed by atoms with Crippen molar-refractivity contribution in [3.8, 4) is 0 Å². The van der Waals surface area contributed by atoms with Crippen molar-refractivity contribution in [2.24, 2.45) is 5.92 Å². The quantitative estimate of drug-likeness (QED) is 0.268. The van der Waals surface area contributed by atoms with E-state index >= 15 is 0 Å². The van der Waals surface area contributed by atoms with Gasteiger partial charge in [0.15, 0.2) is 0 Å². The fraction of sp³-hybridized carbons (Fsp3) is 0.417. The lowest BCUT2D eigenvalue weighted by molar-refractivity contribution is -0.121. The minimum Gasteiger partial charge on any atom is -0.398 e. The molecule has 5 heteroatoms. The van der Waals surface area contributed by atoms with Gasteiger partial charge >= 0.3 is 0 Å². The molecule has 0 bridgehead atoms. The van der Waals surface area contributed by atoms with Crippen LogP contribution in [0.25, 0.3) is 0 Å². The molecule has 0 saturated heterocycles. The van der Waals surface area contributed by atoms with Crippen LogP contribution in [-0.4, -0.2) is 42.7 Å². The van der Waals surface area contributed by atoms with Crippen molar-refractivity contribution in [1.82, 2.24) is 10.2 Å². The summed E-state index contributed by atoms with van der Waals surface area (Å²) in [5.74, 6) is 0.119. The van der Waals surface area contributed by atoms with Gasteiger partial charge in [-0.15, -0.1) is 0 Å². The summed E-state index contributed by atoms with van der Waals surface area (Å²) in [6, 6.07) is 5.98. The number of nitrogens with one attached hydrogen (secondary N) is 2. The van der Waals surface area contributed by atoms with Crippen molar-refractivity contribution in [3.63, 3.8) is 0 Å². The highest BCUT2D eigenvalue weighted by Crippen LogP contribution is 2.17. The van der Waals surface area contributed by atoms with Crippen LogP contribution in [0.5, 0.6) is 0 Å². The number of amides is 1. The first-order chi connectivity index (χ1) is 13.9. The lowest BCUT2D eigenvalue weighted by Crippen LogP contribution is -2.45. The van der Waals surface area contributed by atoms with Crippen molar-refractivity contribution in [2.75, 3.05) is 25.4 Å². The molecule has 5 nitrogen and oxygen atoms in total. The molecule has 1 aromatic rings. The number of carbonyl (C=O) groups is 1. The number of nitrogens with zero attached hydrogens (tertiary/aromatic N) is 1. The van der Waals surface area contributed by atoms with Crippen molar-refractivity contribution in [3.05, 3.63) is 66.3 Å². The van der Waals surface area contributed by atoms with Gasteiger partial charge in [-0.25, -0.2) is 0 Å². The molecule has 29 heavy (non-hydrogen) atoms. The molecule has 0 aromatic heterocycles. The number of nitrogens with two attached hydrogens (primary N) is 1. The summed E-state index contributed by atoms with van der Waals surface area (Å²) in [6.45, 7) is 16.2. The van der Waals surface area contributed by atoms with Crippen LogP contribution in [0.2, 0.25) is 0 Å². The molecular formula is C24H36N4O. The zero-order valence-corrected chi connectivity index (χ0v) is 18.1. The number of benzene rings is 1. The summed E-state index contributed by atoms with van der Waals surface area (Å²) in [7, 11) is 0. The van der Waals surface area contributed by atoms with E-state index in [1.807, 2.05) is 31.2 Å². The van der Waals surface area contributed by atoms with Gasteiger partial charge in [-0.1, -0.05) is 58.2 Å². The monoisotopic (exact) mass is 396 g/mol. The Labute approximate surface area is 175 Å². The van der Waals surface area contributed by atoms with Crippen LogP contribution in [0.4, 0.5) is 5.69 Å². The predicted molar refractivity (Wildman–Crippen MR) is 124 cm³/mol. The van der Waals surface area contributed by atoms with Crippen LogP contribution < -0.4 is 11.1 Å². The van der Waals surface area contributed by atoms with Gasteiger partial charge in [0.25, 0.3) is 0 Å². The van der Waals surface area contributed by atoms with Gasteiger partial charge in [-0.2, -0.15) is 0 Å². The molecule has 0 spiro atoms. The topological polar surface area (TPSA) is 82.2 Å². The SMILES string of the molecule is C=C/C=C(\C=C)[C@@H](C)CC(=O)NC[C@H](Cc1ccc(N)c(C=N)c1)N(CC)CC. The molecule has 0 aliphatic carbocycles. The third kappa shape index (κ3) is 7.70. The number of allylic oxidation sites excluding steroid dienone is 4. The second-order valence-electron chi connectivity index (χ2n) is 7.20. The average Bonchev–Trinajstić information content (AvgIpc) is 2.71. The summed E-state index contributed by atoms with van der Waals surface area (Å²) in [4.78, 5) is 14.9. The first kappa shape index (κ1) is 24.4. The van der Waals surface area contributed by atoms with Gasteiger partial charge in [0.1, 0.15) is 0 Å². The third-order valence-electron chi connectivity index (χ3n) is 5.25. The van der Waals surface area contributed by atoms with E-state index in [1.54, 1.807) is 12.2 Å². The molecular weight excluding hydrogens is 360 g/mol. The van der Waals surface area contributed by atoms with E-state index in [1.165, 1.54) is 6.21 Å². The van der Waals surface area contributed by atoms with Crippen LogP contribution in [-0.2, 0) is 11.2 Å². The molecule has 0 heterocycles. The minimum absolute atomic E-state index is 0.0314. The lowest BCUT2D eigenvalue weighted by Gasteiger charge is -2.30. The fourth-order valence-corrected chi connectivity index (χ4v) is 3.49. The minimum atomic E-state index is 0.0314. The van der Waals surface area contributed by atoms with Crippen LogP contribution in [0, 0.1) is 11.3 Å². The molecule has 0 radical (unpaired) electrons. The summed E-state index contributed by atoms with van der Waals surface area (Å²) < 4.78 is 0. The van der Waals surface area contributed by atoms with Crippen molar-refractivity contribution < 1.29 is 4.79 Å². The summed E-state index contributed by atoms with van der Waals surface area (Å²) >= 11 is 0. The van der Waals surface area contributed by atoms with Gasteiger partial charge in [-0.05, 0) is 48.7 Å². The van der Waals surface area contributed by atoms with E-state index in [-0.39, 0.29) is 17.9 Å². The number of likely N-dealkylation sites (N-methyl/N-ethyl adjacent to an activating group) is 1. The lowest BCUT2D eigenvalue weighted by atomic mass is 9.96. The Hall–Kier alpha value is -2.66. The number of anilines is 1. The fourth-order valence-electron chi connectivity index (χ4n) is 3.49. The standard InChI is InChI=1S/C24H36N4O/c1-6-10-20(7-2)18(5)13-24(29)27-17-22(28(8-3)9-4)15-19-11-12-23(26)21(14-19)16-25/h6-7,10-12,14,16,18,22,25H,1-2,8-9,13,15,17,26H2,3-5H3,(H,27,29)/b20-10+,25-16?/t18-,22-/m0/s1. The Kier molecular flexibility index (Phi) is 10.7. The Bertz CT molecular complexity index is 734. The summed E-state index contributed by atoms with van der Waals surface area (Å²) in [6.07, 6.45) is 7.87. The van der Waals surface area contributed by atoms with E-state index in [0.717, 1.165) is 36.2 Å². The molecule has 2 atom stereocenters. The maximum atomic E-state index is 12.5. The van der Waals surface area contributed by atoms with Crippen LogP contribution in [0.1, 0.15) is 38.3 Å². The maximum Gasteiger partial charge on any atom is 0.220 e. The Morgan fingerprint density at radius 2 is 2.00 bits per heavy atom. The van der Waals surface area contributed by atoms with E-state index in [9.17, 15) is 4.79 Å².